The van der Waals surface area contributed by atoms with Crippen LogP contribution in [0.5, 0.6) is 5.75 Å². The number of para-hydroxylation sites is 1. The number of aromatic nitrogens is 1. The lowest BCUT2D eigenvalue weighted by atomic mass is 9.96. The summed E-state index contributed by atoms with van der Waals surface area (Å²) in [6.45, 7) is 0.949. The Morgan fingerprint density at radius 1 is 1.29 bits per heavy atom. The molecule has 0 radical (unpaired) electrons. The number of hydrogen-bond acceptors (Lipinski definition) is 4. The van der Waals surface area contributed by atoms with Gasteiger partial charge in [-0.15, -0.1) is 0 Å². The van der Waals surface area contributed by atoms with E-state index in [0.29, 0.717) is 31.7 Å². The Morgan fingerprint density at radius 2 is 2.07 bits per heavy atom. The molecule has 1 saturated heterocycles. The van der Waals surface area contributed by atoms with Gasteiger partial charge in [0.1, 0.15) is 11.6 Å². The summed E-state index contributed by atoms with van der Waals surface area (Å²) in [5, 5.41) is 2.87. The highest BCUT2D eigenvalue weighted by Crippen LogP contribution is 2.36. The lowest BCUT2D eigenvalue weighted by Gasteiger charge is -2.34. The average molecular weight is 393 g/mol. The van der Waals surface area contributed by atoms with Crippen LogP contribution < -0.4 is 15.0 Å². The van der Waals surface area contributed by atoms with E-state index in [1.54, 1.807) is 12.0 Å². The summed E-state index contributed by atoms with van der Waals surface area (Å²) in [4.78, 5) is 18.1. The predicted molar refractivity (Wildman–Crippen MR) is 99.0 cm³/mol. The Labute approximate surface area is 161 Å². The van der Waals surface area contributed by atoms with Crippen molar-refractivity contribution in [2.24, 2.45) is 5.92 Å². The number of halogens is 3. The molecule has 1 aliphatic rings. The van der Waals surface area contributed by atoms with E-state index in [-0.39, 0.29) is 18.3 Å². The van der Waals surface area contributed by atoms with E-state index in [4.69, 9.17) is 4.74 Å². The van der Waals surface area contributed by atoms with Crippen LogP contribution in [-0.4, -0.2) is 31.1 Å². The second-order valence-corrected chi connectivity index (χ2v) is 6.69. The number of hydrogen-bond donors (Lipinski definition) is 1. The number of carbonyl (C=O) groups is 1. The number of ether oxygens (including phenoxy) is 1. The van der Waals surface area contributed by atoms with Crippen molar-refractivity contribution in [1.82, 2.24) is 10.3 Å². The Bertz CT molecular complexity index is 826. The smallest absolute Gasteiger partial charge is 0.419 e. The van der Waals surface area contributed by atoms with E-state index in [1.165, 1.54) is 12.3 Å². The van der Waals surface area contributed by atoms with Gasteiger partial charge in [-0.3, -0.25) is 4.79 Å². The van der Waals surface area contributed by atoms with Gasteiger partial charge in [0.25, 0.3) is 0 Å². The summed E-state index contributed by atoms with van der Waals surface area (Å²) in [6, 6.07) is 9.65. The molecule has 0 aliphatic carbocycles. The second-order valence-electron chi connectivity index (χ2n) is 6.69. The number of rotatable bonds is 5. The van der Waals surface area contributed by atoms with Gasteiger partial charge >= 0.3 is 6.18 Å². The molecule has 1 fully saturated rings. The van der Waals surface area contributed by atoms with E-state index in [0.717, 1.165) is 11.6 Å². The molecule has 0 bridgehead atoms. The van der Waals surface area contributed by atoms with E-state index >= 15 is 0 Å². The van der Waals surface area contributed by atoms with E-state index in [1.807, 2.05) is 24.3 Å². The Balaban J connectivity index is 1.68. The third-order valence-corrected chi connectivity index (χ3v) is 4.83. The number of nitrogens with one attached hydrogen (secondary N) is 1. The maximum Gasteiger partial charge on any atom is 0.419 e. The first kappa shape index (κ1) is 20.0. The van der Waals surface area contributed by atoms with Gasteiger partial charge in [0.05, 0.1) is 18.6 Å². The molecule has 28 heavy (non-hydrogen) atoms. The minimum Gasteiger partial charge on any atom is -0.496 e. The molecule has 150 valence electrons. The van der Waals surface area contributed by atoms with Crippen LogP contribution in [0, 0.1) is 5.92 Å². The fourth-order valence-corrected chi connectivity index (χ4v) is 3.43. The number of nitrogens with zero attached hydrogens (tertiary/aromatic N) is 2. The fourth-order valence-electron chi connectivity index (χ4n) is 3.43. The summed E-state index contributed by atoms with van der Waals surface area (Å²) in [7, 11) is 1.56. The van der Waals surface area contributed by atoms with Crippen LogP contribution in [0.3, 0.4) is 0 Å². The molecular weight excluding hydrogens is 371 g/mol. The SMILES string of the molecule is COc1ccccc1CNC(=O)C1CCCN(c2ncccc2C(F)(F)F)C1. The van der Waals surface area contributed by atoms with Crippen LogP contribution in [0.4, 0.5) is 19.0 Å². The van der Waals surface area contributed by atoms with Crippen LogP contribution >= 0.6 is 0 Å². The van der Waals surface area contributed by atoms with Crippen molar-refractivity contribution in [2.45, 2.75) is 25.6 Å². The number of amides is 1. The monoisotopic (exact) mass is 393 g/mol. The van der Waals surface area contributed by atoms with E-state index < -0.39 is 17.7 Å². The molecule has 2 heterocycles. The van der Waals surface area contributed by atoms with Gasteiger partial charge in [-0.25, -0.2) is 4.98 Å². The van der Waals surface area contributed by atoms with Crippen molar-refractivity contribution in [3.8, 4) is 5.75 Å². The fraction of sp³-hybridized carbons (Fsp3) is 0.400. The van der Waals surface area contributed by atoms with Crippen LogP contribution in [-0.2, 0) is 17.5 Å². The van der Waals surface area contributed by atoms with Gasteiger partial charge < -0.3 is 15.0 Å². The predicted octanol–water partition coefficient (Wildman–Crippen LogP) is 3.64. The van der Waals surface area contributed by atoms with Gasteiger partial charge in [-0.2, -0.15) is 13.2 Å². The highest BCUT2D eigenvalue weighted by molar-refractivity contribution is 5.79. The average Bonchev–Trinajstić information content (AvgIpc) is 2.71. The van der Waals surface area contributed by atoms with Crippen LogP contribution in [0.2, 0.25) is 0 Å². The van der Waals surface area contributed by atoms with Crippen molar-refractivity contribution in [1.29, 1.82) is 0 Å². The number of methoxy groups -OCH3 is 1. The Morgan fingerprint density at radius 3 is 2.82 bits per heavy atom. The molecule has 8 heteroatoms. The second kappa shape index (κ2) is 8.50. The Kier molecular flexibility index (Phi) is 6.06. The van der Waals surface area contributed by atoms with Crippen molar-refractivity contribution < 1.29 is 22.7 Å². The van der Waals surface area contributed by atoms with E-state index in [9.17, 15) is 18.0 Å². The van der Waals surface area contributed by atoms with Gasteiger partial charge in [0, 0.05) is 31.4 Å². The van der Waals surface area contributed by atoms with Crippen LogP contribution in [0.15, 0.2) is 42.6 Å². The number of benzene rings is 1. The number of anilines is 1. The van der Waals surface area contributed by atoms with Crippen molar-refractivity contribution in [3.63, 3.8) is 0 Å². The highest BCUT2D eigenvalue weighted by atomic mass is 19.4. The van der Waals surface area contributed by atoms with E-state index in [2.05, 4.69) is 10.3 Å². The molecule has 1 N–H and O–H groups in total. The molecular formula is C20H22F3N3O2. The van der Waals surface area contributed by atoms with Gasteiger partial charge in [-0.1, -0.05) is 18.2 Å². The third kappa shape index (κ3) is 4.55. The molecule has 1 aliphatic heterocycles. The third-order valence-electron chi connectivity index (χ3n) is 4.83. The zero-order valence-electron chi connectivity index (χ0n) is 15.5. The minimum absolute atomic E-state index is 0.114. The molecule has 0 saturated carbocycles. The number of pyridine rings is 1. The molecule has 1 aromatic heterocycles. The minimum atomic E-state index is -4.48. The van der Waals surface area contributed by atoms with Crippen LogP contribution in [0.1, 0.15) is 24.0 Å². The largest absolute Gasteiger partial charge is 0.496 e. The Hall–Kier alpha value is -2.77. The molecule has 1 amide bonds. The first-order valence-corrected chi connectivity index (χ1v) is 9.07. The molecule has 3 rings (SSSR count). The maximum absolute atomic E-state index is 13.3. The topological polar surface area (TPSA) is 54.5 Å². The van der Waals surface area contributed by atoms with Crippen molar-refractivity contribution in [2.75, 3.05) is 25.1 Å². The zero-order chi connectivity index (χ0) is 20.1. The number of carbonyl (C=O) groups excluding carboxylic acids is 1. The zero-order valence-corrected chi connectivity index (χ0v) is 15.5. The first-order chi connectivity index (χ1) is 13.4. The first-order valence-electron chi connectivity index (χ1n) is 9.07. The molecule has 0 spiro atoms. The summed E-state index contributed by atoms with van der Waals surface area (Å²) in [5.41, 5.74) is 0.0696. The standard InChI is InChI=1S/C20H22F3N3O2/c1-28-17-9-3-2-6-14(17)12-25-19(27)15-7-5-11-26(13-15)18-16(20(21,22)23)8-4-10-24-18/h2-4,6,8-10,15H,5,7,11-13H2,1H3,(H,25,27). The van der Waals surface area contributed by atoms with Gasteiger partial charge in [0.2, 0.25) is 5.91 Å². The molecule has 2 aromatic rings. The summed E-state index contributed by atoms with van der Waals surface area (Å²) >= 11 is 0. The van der Waals surface area contributed by atoms with Gasteiger partial charge in [-0.05, 0) is 31.0 Å². The number of piperidine rings is 1. The summed E-state index contributed by atoms with van der Waals surface area (Å²) in [5.74, 6) is -0.0137. The quantitative estimate of drug-likeness (QED) is 0.843. The molecule has 1 atom stereocenters. The number of alkyl halides is 3. The summed E-state index contributed by atoms with van der Waals surface area (Å²) in [6.07, 6.45) is -1.89. The maximum atomic E-state index is 13.3. The normalized spacial score (nSPS) is 17.3. The highest BCUT2D eigenvalue weighted by Gasteiger charge is 2.37. The molecule has 5 nitrogen and oxygen atoms in total. The van der Waals surface area contributed by atoms with Crippen LogP contribution in [0.25, 0.3) is 0 Å². The van der Waals surface area contributed by atoms with Gasteiger partial charge in [0.15, 0.2) is 0 Å². The molecule has 1 unspecified atom stereocenters. The summed E-state index contributed by atoms with van der Waals surface area (Å²) < 4.78 is 45.1. The molecule has 1 aromatic carbocycles. The lowest BCUT2D eigenvalue weighted by Crippen LogP contribution is -2.43. The van der Waals surface area contributed by atoms with Crippen molar-refractivity contribution >= 4 is 11.7 Å². The van der Waals surface area contributed by atoms with Crippen molar-refractivity contribution in [3.05, 3.63) is 53.7 Å². The lowest BCUT2D eigenvalue weighted by molar-refractivity contribution is -0.137.